The van der Waals surface area contributed by atoms with Crippen molar-refractivity contribution in [2.24, 2.45) is 0 Å². The lowest BCUT2D eigenvalue weighted by Gasteiger charge is -2.28. The van der Waals surface area contributed by atoms with Crippen molar-refractivity contribution < 1.29 is 58.5 Å². The van der Waals surface area contributed by atoms with Crippen LogP contribution in [-0.4, -0.2) is 84.3 Å². The predicted octanol–water partition coefficient (Wildman–Crippen LogP) is 9.10. The van der Waals surface area contributed by atoms with Crippen LogP contribution in [0.2, 0.25) is 0 Å². The van der Waals surface area contributed by atoms with E-state index in [0.29, 0.717) is 33.8 Å². The zero-order valence-electron chi connectivity index (χ0n) is 34.0. The zero-order valence-corrected chi connectivity index (χ0v) is 35.7. The van der Waals surface area contributed by atoms with E-state index in [1.165, 1.54) is 24.3 Å². The number of carboxylic acid groups (broad SMARTS) is 2. The van der Waals surface area contributed by atoms with Gasteiger partial charge in [-0.1, -0.05) is 52.0 Å². The van der Waals surface area contributed by atoms with Gasteiger partial charge in [0.25, 0.3) is 0 Å². The SMILES string of the molecule is CC(C)c1cc(SC(C)(C)Sc2cc(-c3ccc(F)cc3)c(OC[C@H](O)C[C@@H](O)CC(=O)O)c(C(C)C)c2)cc(-c2ccc(F)cc2)c1OC[C@H](O)C[C@@H](O)CC(=O)O. The quantitative estimate of drug-likeness (QED) is 0.0328. The Bertz CT molecular complexity index is 1880. The fraction of sp³-hybridized carbons (Fsp3) is 0.422. The number of aliphatic carboxylic acids is 2. The highest BCUT2D eigenvalue weighted by Gasteiger charge is 2.28. The number of ether oxygens (including phenoxy) is 2. The Labute approximate surface area is 352 Å². The molecule has 59 heavy (non-hydrogen) atoms. The number of carboxylic acids is 2. The highest BCUT2D eigenvalue weighted by molar-refractivity contribution is 8.18. The molecule has 0 aliphatic rings. The van der Waals surface area contributed by atoms with Gasteiger partial charge in [0.15, 0.2) is 0 Å². The number of hydrogen-bond donors (Lipinski definition) is 6. The second kappa shape index (κ2) is 21.4. The first-order valence-electron chi connectivity index (χ1n) is 19.4. The molecule has 10 nitrogen and oxygen atoms in total. The van der Waals surface area contributed by atoms with Gasteiger partial charge in [0, 0.05) is 33.8 Å². The molecule has 4 aromatic rings. The van der Waals surface area contributed by atoms with Crippen LogP contribution in [-0.2, 0) is 9.59 Å². The maximum absolute atomic E-state index is 14.1. The van der Waals surface area contributed by atoms with E-state index in [9.17, 15) is 38.8 Å². The minimum Gasteiger partial charge on any atom is -0.490 e. The van der Waals surface area contributed by atoms with Crippen molar-refractivity contribution in [2.45, 2.75) is 117 Å². The van der Waals surface area contributed by atoms with E-state index in [4.69, 9.17) is 19.7 Å². The summed E-state index contributed by atoms with van der Waals surface area (Å²) >= 11 is 3.19. The standard InChI is InChI=1S/C45H54F2O10S2/c1-25(2)37-19-35(21-39(27-7-11-29(46)12-8-27)43(37)56-23-33(50)15-31(48)17-41(52)53)58-45(5,6)59-36-20-38(26(3)4)44(40(22-36)28-9-13-30(47)14-10-28)57-24-34(51)16-32(49)18-42(54)55/h7-14,19-22,25-26,31-34,48-51H,15-18,23-24H2,1-6H3,(H,52,53)(H,54,55)/t31-,32-,33-,34-/m1/s1. The molecular weight excluding hydrogens is 803 g/mol. The molecule has 0 amide bonds. The smallest absolute Gasteiger partial charge is 0.305 e. The second-order valence-corrected chi connectivity index (χ2v) is 19.3. The number of benzene rings is 4. The van der Waals surface area contributed by atoms with E-state index in [1.807, 2.05) is 52.0 Å². The minimum atomic E-state index is -1.25. The van der Waals surface area contributed by atoms with Gasteiger partial charge < -0.3 is 40.1 Å². The molecule has 0 aliphatic carbocycles. The lowest BCUT2D eigenvalue weighted by Crippen LogP contribution is -2.26. The summed E-state index contributed by atoms with van der Waals surface area (Å²) in [6.45, 7) is 11.7. The number of rotatable bonds is 22. The molecule has 0 radical (unpaired) electrons. The Balaban J connectivity index is 1.70. The van der Waals surface area contributed by atoms with E-state index in [1.54, 1.807) is 47.8 Å². The van der Waals surface area contributed by atoms with Crippen LogP contribution >= 0.6 is 23.5 Å². The van der Waals surface area contributed by atoms with Crippen LogP contribution in [0.1, 0.15) is 90.2 Å². The number of thioether (sulfide) groups is 2. The normalized spacial score (nSPS) is 13.9. The van der Waals surface area contributed by atoms with Crippen LogP contribution in [0, 0.1) is 11.6 Å². The van der Waals surface area contributed by atoms with Crippen LogP contribution in [0.5, 0.6) is 11.5 Å². The van der Waals surface area contributed by atoms with Gasteiger partial charge in [-0.25, -0.2) is 8.78 Å². The summed E-state index contributed by atoms with van der Waals surface area (Å²) in [5.41, 5.74) is 4.34. The molecule has 0 heterocycles. The van der Waals surface area contributed by atoms with Gasteiger partial charge in [-0.05, 0) is 96.5 Å². The molecule has 6 N–H and O–H groups in total. The van der Waals surface area contributed by atoms with E-state index in [-0.39, 0.29) is 37.9 Å². The van der Waals surface area contributed by atoms with Crippen molar-refractivity contribution in [1.82, 2.24) is 0 Å². The molecule has 0 aromatic heterocycles. The van der Waals surface area contributed by atoms with Crippen molar-refractivity contribution in [1.29, 1.82) is 0 Å². The Kier molecular flexibility index (Phi) is 17.2. The van der Waals surface area contributed by atoms with Crippen molar-refractivity contribution in [3.63, 3.8) is 0 Å². The Morgan fingerprint density at radius 1 is 0.593 bits per heavy atom. The van der Waals surface area contributed by atoms with Crippen LogP contribution in [0.4, 0.5) is 8.78 Å². The third-order valence-corrected chi connectivity index (χ3v) is 11.6. The van der Waals surface area contributed by atoms with E-state index >= 15 is 0 Å². The maximum Gasteiger partial charge on any atom is 0.305 e. The molecule has 14 heteroatoms. The molecule has 0 bridgehead atoms. The average molecular weight is 857 g/mol. The fourth-order valence-electron chi connectivity index (χ4n) is 6.51. The minimum absolute atomic E-state index is 0.0476. The second-order valence-electron chi connectivity index (χ2n) is 15.6. The van der Waals surface area contributed by atoms with Crippen LogP contribution in [0.3, 0.4) is 0 Å². The summed E-state index contributed by atoms with van der Waals surface area (Å²) in [5.74, 6) is -2.31. The highest BCUT2D eigenvalue weighted by atomic mass is 32.2. The molecule has 320 valence electrons. The van der Waals surface area contributed by atoms with Crippen molar-refractivity contribution in [3.05, 3.63) is 95.6 Å². The first kappa shape index (κ1) is 47.5. The zero-order chi connectivity index (χ0) is 43.6. The maximum atomic E-state index is 14.1. The number of hydrogen-bond acceptors (Lipinski definition) is 10. The molecule has 4 atom stereocenters. The number of carbonyl (C=O) groups is 2. The van der Waals surface area contributed by atoms with Crippen molar-refractivity contribution >= 4 is 35.5 Å². The number of aliphatic hydroxyl groups excluding tert-OH is 4. The molecule has 0 fully saturated rings. The molecule has 0 saturated heterocycles. The van der Waals surface area contributed by atoms with Gasteiger partial charge in [-0.2, -0.15) is 0 Å². The van der Waals surface area contributed by atoms with Gasteiger partial charge in [-0.3, -0.25) is 9.59 Å². The molecule has 0 aliphatic heterocycles. The van der Waals surface area contributed by atoms with Gasteiger partial charge in [0.05, 0.1) is 41.3 Å². The molecular formula is C45H54F2O10S2. The molecule has 4 rings (SSSR count). The van der Waals surface area contributed by atoms with E-state index < -0.39 is 64.9 Å². The average Bonchev–Trinajstić information content (AvgIpc) is 3.12. The predicted molar refractivity (Wildman–Crippen MR) is 226 cm³/mol. The molecule has 0 unspecified atom stereocenters. The fourth-order valence-corrected chi connectivity index (χ4v) is 9.12. The Hall–Kier alpha value is -4.18. The van der Waals surface area contributed by atoms with Crippen molar-refractivity contribution in [2.75, 3.05) is 13.2 Å². The summed E-state index contributed by atoms with van der Waals surface area (Å²) in [5, 5.41) is 59.5. The van der Waals surface area contributed by atoms with Gasteiger partial charge in [0.1, 0.15) is 36.3 Å². The summed E-state index contributed by atoms with van der Waals surface area (Å²) in [6.07, 6.45) is -6.19. The number of halogens is 2. The van der Waals surface area contributed by atoms with E-state index in [0.717, 1.165) is 20.9 Å². The van der Waals surface area contributed by atoms with Crippen LogP contribution in [0.15, 0.2) is 82.6 Å². The summed E-state index contributed by atoms with van der Waals surface area (Å²) in [6, 6.07) is 19.9. The number of aliphatic hydroxyl groups is 4. The first-order chi connectivity index (χ1) is 27.7. The highest BCUT2D eigenvalue weighted by Crippen LogP contribution is 2.50. The third-order valence-electron chi connectivity index (χ3n) is 9.21. The van der Waals surface area contributed by atoms with Gasteiger partial charge >= 0.3 is 11.9 Å². The third kappa shape index (κ3) is 14.5. The monoisotopic (exact) mass is 856 g/mol. The molecule has 0 saturated carbocycles. The summed E-state index contributed by atoms with van der Waals surface area (Å²) in [7, 11) is 0. The van der Waals surface area contributed by atoms with Crippen LogP contribution < -0.4 is 9.47 Å². The summed E-state index contributed by atoms with van der Waals surface area (Å²) < 4.78 is 40.2. The lowest BCUT2D eigenvalue weighted by molar-refractivity contribution is -0.140. The molecule has 4 aromatic carbocycles. The largest absolute Gasteiger partial charge is 0.490 e. The summed E-state index contributed by atoms with van der Waals surface area (Å²) in [4.78, 5) is 23.8. The Morgan fingerprint density at radius 2 is 0.932 bits per heavy atom. The van der Waals surface area contributed by atoms with Crippen LogP contribution in [0.25, 0.3) is 22.3 Å². The lowest BCUT2D eigenvalue weighted by atomic mass is 9.95. The first-order valence-corrected chi connectivity index (χ1v) is 21.0. The molecule has 0 spiro atoms. The van der Waals surface area contributed by atoms with E-state index in [2.05, 4.69) is 13.8 Å². The Morgan fingerprint density at radius 3 is 1.24 bits per heavy atom. The van der Waals surface area contributed by atoms with Gasteiger partial charge in [-0.15, -0.1) is 23.5 Å². The van der Waals surface area contributed by atoms with Gasteiger partial charge in [0.2, 0.25) is 0 Å². The topological polar surface area (TPSA) is 174 Å². The van der Waals surface area contributed by atoms with Crippen molar-refractivity contribution in [3.8, 4) is 33.8 Å².